The van der Waals surface area contributed by atoms with Gasteiger partial charge in [-0.2, -0.15) is 0 Å². The van der Waals surface area contributed by atoms with E-state index in [1.165, 1.54) is 30.5 Å². The van der Waals surface area contributed by atoms with E-state index < -0.39 is 0 Å². The first-order chi connectivity index (χ1) is 14.8. The second kappa shape index (κ2) is 7.95. The molecule has 0 radical (unpaired) electrons. The van der Waals surface area contributed by atoms with Crippen molar-refractivity contribution in [2.24, 2.45) is 23.2 Å². The van der Waals surface area contributed by atoms with Crippen LogP contribution in [0.1, 0.15) is 52.0 Å². The van der Waals surface area contributed by atoms with Gasteiger partial charge in [0.05, 0.1) is 5.92 Å². The number of carbonyl (C=O) groups is 1. The number of ether oxygens (including phenoxy) is 1. The van der Waals surface area contributed by atoms with Crippen LogP contribution in [0.3, 0.4) is 0 Å². The minimum atomic E-state index is -0.00565. The minimum absolute atomic E-state index is 0.00565. The third-order valence-electron chi connectivity index (χ3n) is 8.58. The number of rotatable bonds is 3. The lowest BCUT2D eigenvalue weighted by Gasteiger charge is -2.46. The number of fused-ring (bicyclic) bond motifs is 2. The fourth-order valence-corrected chi connectivity index (χ4v) is 6.93. The number of allylic oxidation sites excluding steroid dienone is 1. The van der Waals surface area contributed by atoms with Gasteiger partial charge in [-0.05, 0) is 62.1 Å². The van der Waals surface area contributed by atoms with Crippen LogP contribution in [0.5, 0.6) is 0 Å². The Balaban J connectivity index is 1.29. The first kappa shape index (κ1) is 21.1. The van der Waals surface area contributed by atoms with Crippen molar-refractivity contribution in [3.8, 4) is 0 Å². The van der Waals surface area contributed by atoms with Crippen LogP contribution in [0.2, 0.25) is 0 Å². The number of piperazine rings is 1. The molecule has 5 rings (SSSR count). The van der Waals surface area contributed by atoms with Gasteiger partial charge in [-0.25, -0.2) is 0 Å². The molecule has 2 heterocycles. The van der Waals surface area contributed by atoms with E-state index >= 15 is 0 Å². The van der Waals surface area contributed by atoms with E-state index in [1.807, 2.05) is 0 Å². The Morgan fingerprint density at radius 3 is 2.84 bits per heavy atom. The molecule has 31 heavy (non-hydrogen) atoms. The second-order valence-electron chi connectivity index (χ2n) is 11.0. The Morgan fingerprint density at radius 2 is 2.06 bits per heavy atom. The van der Waals surface area contributed by atoms with E-state index in [2.05, 4.69) is 67.8 Å². The number of nitrogens with zero attached hydrogens (tertiary/aromatic N) is 2. The molecule has 2 saturated heterocycles. The average molecular weight is 423 g/mol. The molecule has 0 spiro atoms. The van der Waals surface area contributed by atoms with Gasteiger partial charge in [0.25, 0.3) is 0 Å². The van der Waals surface area contributed by atoms with E-state index in [0.29, 0.717) is 12.0 Å². The van der Waals surface area contributed by atoms with E-state index in [4.69, 9.17) is 4.74 Å². The summed E-state index contributed by atoms with van der Waals surface area (Å²) < 4.78 is 5.98. The van der Waals surface area contributed by atoms with Crippen molar-refractivity contribution in [1.82, 2.24) is 4.90 Å². The number of aryl methyl sites for hydroxylation is 1. The van der Waals surface area contributed by atoms with Crippen LogP contribution in [0.15, 0.2) is 35.9 Å². The van der Waals surface area contributed by atoms with Crippen LogP contribution in [-0.2, 0) is 9.53 Å². The third-order valence-corrected chi connectivity index (χ3v) is 8.58. The van der Waals surface area contributed by atoms with E-state index in [-0.39, 0.29) is 29.3 Å². The molecule has 2 aliphatic carbocycles. The van der Waals surface area contributed by atoms with E-state index in [9.17, 15) is 4.79 Å². The monoisotopic (exact) mass is 422 g/mol. The summed E-state index contributed by atoms with van der Waals surface area (Å²) in [5, 5.41) is 0. The molecule has 1 saturated carbocycles. The highest BCUT2D eigenvalue weighted by atomic mass is 16.6. The van der Waals surface area contributed by atoms with Gasteiger partial charge in [0.15, 0.2) is 0 Å². The van der Waals surface area contributed by atoms with Crippen molar-refractivity contribution in [2.45, 2.75) is 65.5 Å². The molecule has 4 nitrogen and oxygen atoms in total. The van der Waals surface area contributed by atoms with Crippen molar-refractivity contribution < 1.29 is 9.53 Å². The first-order valence-electron chi connectivity index (χ1n) is 12.3. The van der Waals surface area contributed by atoms with Gasteiger partial charge in [0.2, 0.25) is 0 Å². The molecule has 2 aliphatic heterocycles. The smallest absolute Gasteiger partial charge is 0.311 e. The average Bonchev–Trinajstić information content (AvgIpc) is 3.00. The second-order valence-corrected chi connectivity index (χ2v) is 11.0. The summed E-state index contributed by atoms with van der Waals surface area (Å²) >= 11 is 0. The molecule has 4 heteroatoms. The predicted octanol–water partition coefficient (Wildman–Crippen LogP) is 4.82. The summed E-state index contributed by atoms with van der Waals surface area (Å²) in [5.74, 6) is 0.944. The van der Waals surface area contributed by atoms with E-state index in [0.717, 1.165) is 32.6 Å². The Hall–Kier alpha value is -1.81. The number of anilines is 1. The van der Waals surface area contributed by atoms with Gasteiger partial charge in [-0.15, -0.1) is 0 Å². The highest BCUT2D eigenvalue weighted by Gasteiger charge is 2.52. The van der Waals surface area contributed by atoms with Gasteiger partial charge >= 0.3 is 5.97 Å². The quantitative estimate of drug-likeness (QED) is 0.516. The predicted molar refractivity (Wildman–Crippen MR) is 125 cm³/mol. The highest BCUT2D eigenvalue weighted by molar-refractivity contribution is 5.76. The topological polar surface area (TPSA) is 32.8 Å². The van der Waals surface area contributed by atoms with Crippen molar-refractivity contribution in [3.05, 3.63) is 41.5 Å². The van der Waals surface area contributed by atoms with E-state index in [1.54, 1.807) is 5.57 Å². The number of esters is 1. The van der Waals surface area contributed by atoms with Crippen LogP contribution < -0.4 is 4.90 Å². The summed E-state index contributed by atoms with van der Waals surface area (Å²) in [5.41, 5.74) is 4.47. The number of carbonyl (C=O) groups excluding carboxylic acids is 1. The highest BCUT2D eigenvalue weighted by Crippen LogP contribution is 2.54. The molecule has 3 fully saturated rings. The third kappa shape index (κ3) is 3.82. The van der Waals surface area contributed by atoms with Crippen LogP contribution in [0.25, 0.3) is 0 Å². The fourth-order valence-electron chi connectivity index (χ4n) is 6.93. The molecule has 0 aromatic heterocycles. The lowest BCUT2D eigenvalue weighted by atomic mass is 9.59. The van der Waals surface area contributed by atoms with Crippen LogP contribution >= 0.6 is 0 Å². The lowest BCUT2D eigenvalue weighted by Crippen LogP contribution is -2.53. The van der Waals surface area contributed by atoms with Crippen LogP contribution in [0.4, 0.5) is 5.69 Å². The minimum Gasteiger partial charge on any atom is -0.461 e. The number of benzene rings is 1. The van der Waals surface area contributed by atoms with Gasteiger partial charge in [-0.3, -0.25) is 9.69 Å². The van der Waals surface area contributed by atoms with Gasteiger partial charge < -0.3 is 9.64 Å². The zero-order valence-electron chi connectivity index (χ0n) is 19.6. The van der Waals surface area contributed by atoms with Gasteiger partial charge in [0.1, 0.15) is 6.10 Å². The first-order valence-corrected chi connectivity index (χ1v) is 12.3. The summed E-state index contributed by atoms with van der Waals surface area (Å²) in [7, 11) is 0. The maximum absolute atomic E-state index is 12.9. The molecule has 1 aromatic rings. The summed E-state index contributed by atoms with van der Waals surface area (Å²) in [6, 6.07) is 9.24. The molecule has 6 atom stereocenters. The molecule has 1 aromatic carbocycles. The van der Waals surface area contributed by atoms with Crippen molar-refractivity contribution in [3.63, 3.8) is 0 Å². The Morgan fingerprint density at radius 1 is 1.23 bits per heavy atom. The van der Waals surface area contributed by atoms with Crippen molar-refractivity contribution in [2.75, 3.05) is 31.1 Å². The van der Waals surface area contributed by atoms with Crippen molar-refractivity contribution >= 4 is 11.7 Å². The fraction of sp³-hybridized carbons (Fsp3) is 0.667. The molecule has 0 amide bonds. The Labute approximate surface area is 187 Å². The van der Waals surface area contributed by atoms with Gasteiger partial charge in [0, 0.05) is 43.8 Å². The zero-order valence-corrected chi connectivity index (χ0v) is 19.6. The van der Waals surface area contributed by atoms with Crippen LogP contribution in [-0.4, -0.2) is 49.2 Å². The zero-order chi connectivity index (χ0) is 21.8. The molecule has 0 bridgehead atoms. The standard InChI is InChI=1S/C27H38N2O2/c1-18-7-5-9-21(13-18)29-12-11-28(16-20(29)3)17-23-22-14-24-19(2)8-6-10-27(24,4)15-25(22)31-26(23)30/h5,7,9,13-14,19-20,22-23,25H,6,8,10-12,15-17H2,1-4H3/t19-,20-,22+,23-,25+,27-/m0/s1. The maximum Gasteiger partial charge on any atom is 0.311 e. The normalized spacial score (nSPS) is 38.3. The molecule has 0 N–H and O–H groups in total. The van der Waals surface area contributed by atoms with Crippen molar-refractivity contribution in [1.29, 1.82) is 0 Å². The molecule has 0 unspecified atom stereocenters. The molecular weight excluding hydrogens is 384 g/mol. The Kier molecular flexibility index (Phi) is 5.40. The molecular formula is C27H38N2O2. The van der Waals surface area contributed by atoms with Gasteiger partial charge in [-0.1, -0.05) is 44.1 Å². The summed E-state index contributed by atoms with van der Waals surface area (Å²) in [6.45, 7) is 13.1. The Bertz CT molecular complexity index is 880. The maximum atomic E-state index is 12.9. The molecule has 4 aliphatic rings. The number of hydrogen-bond acceptors (Lipinski definition) is 4. The SMILES string of the molecule is Cc1cccc(N2CCN(C[C@@H]3C(=O)O[C@@H]4C[C@]5(C)CCC[C@H](C)C5=C[C@H]34)C[C@@H]2C)c1. The largest absolute Gasteiger partial charge is 0.461 e. The van der Waals surface area contributed by atoms with Crippen LogP contribution in [0, 0.1) is 30.1 Å². The molecule has 168 valence electrons. The summed E-state index contributed by atoms with van der Waals surface area (Å²) in [6.07, 6.45) is 7.42. The summed E-state index contributed by atoms with van der Waals surface area (Å²) in [4.78, 5) is 17.9. The number of hydrogen-bond donors (Lipinski definition) is 0. The lowest BCUT2D eigenvalue weighted by molar-refractivity contribution is -0.145.